The van der Waals surface area contributed by atoms with Crippen molar-refractivity contribution in [1.82, 2.24) is 5.32 Å². The number of benzene rings is 2. The molecule has 0 aromatic heterocycles. The minimum atomic E-state index is -0.255. The first-order valence-corrected chi connectivity index (χ1v) is 7.69. The molecule has 1 atom stereocenters. The Balaban J connectivity index is 1.91. The fraction of sp³-hybridized carbons (Fsp3) is 0.235. The number of aryl methyl sites for hydroxylation is 1. The van der Waals surface area contributed by atoms with Crippen molar-refractivity contribution in [3.63, 3.8) is 0 Å². The zero-order valence-corrected chi connectivity index (χ0v) is 13.4. The third kappa shape index (κ3) is 4.60. The maximum absolute atomic E-state index is 12.1. The average molecular weight is 348 g/mol. The minimum Gasteiger partial charge on any atom is -0.507 e. The number of carbonyl (C=O) groups is 1. The van der Waals surface area contributed by atoms with Gasteiger partial charge in [0, 0.05) is 10.5 Å². The van der Waals surface area contributed by atoms with Crippen LogP contribution in [-0.4, -0.2) is 17.1 Å². The van der Waals surface area contributed by atoms with Crippen LogP contribution in [0.3, 0.4) is 0 Å². The predicted octanol–water partition coefficient (Wildman–Crippen LogP) is 3.91. The third-order valence-electron chi connectivity index (χ3n) is 3.29. The standard InChI is InChI=1S/C17H18BrNO2/c1-12(7-8-13-5-3-2-4-6-13)19-17(21)15-11-14(18)9-10-16(15)20/h2-6,9-12,20H,7-8H2,1H3,(H,19,21). The molecular formula is C17H18BrNO2. The van der Waals surface area contributed by atoms with E-state index in [1.54, 1.807) is 12.1 Å². The minimum absolute atomic E-state index is 0.00837. The average Bonchev–Trinajstić information content (AvgIpc) is 2.48. The first kappa shape index (κ1) is 15.6. The molecule has 2 aromatic carbocycles. The molecule has 0 aliphatic heterocycles. The summed E-state index contributed by atoms with van der Waals surface area (Å²) in [6.07, 6.45) is 1.76. The van der Waals surface area contributed by atoms with E-state index in [4.69, 9.17) is 0 Å². The van der Waals surface area contributed by atoms with Gasteiger partial charge in [-0.15, -0.1) is 0 Å². The first-order valence-electron chi connectivity index (χ1n) is 6.89. The molecule has 0 saturated carbocycles. The van der Waals surface area contributed by atoms with Crippen LogP contribution in [0.25, 0.3) is 0 Å². The Hall–Kier alpha value is -1.81. The number of aromatic hydroxyl groups is 1. The lowest BCUT2D eigenvalue weighted by Crippen LogP contribution is -2.32. The Morgan fingerprint density at radius 2 is 1.95 bits per heavy atom. The topological polar surface area (TPSA) is 49.3 Å². The van der Waals surface area contributed by atoms with Crippen LogP contribution < -0.4 is 5.32 Å². The van der Waals surface area contributed by atoms with Crippen molar-refractivity contribution < 1.29 is 9.90 Å². The molecule has 0 bridgehead atoms. The van der Waals surface area contributed by atoms with Gasteiger partial charge in [0.2, 0.25) is 0 Å². The summed E-state index contributed by atoms with van der Waals surface area (Å²) in [5.41, 5.74) is 1.54. The molecular weight excluding hydrogens is 330 g/mol. The van der Waals surface area contributed by atoms with Crippen molar-refractivity contribution >= 4 is 21.8 Å². The summed E-state index contributed by atoms with van der Waals surface area (Å²) < 4.78 is 0.766. The van der Waals surface area contributed by atoms with E-state index < -0.39 is 0 Å². The van der Waals surface area contributed by atoms with Crippen molar-refractivity contribution in [3.8, 4) is 5.75 Å². The summed E-state index contributed by atoms with van der Waals surface area (Å²) in [6, 6.07) is 15.0. The molecule has 0 saturated heterocycles. The molecule has 21 heavy (non-hydrogen) atoms. The number of phenols is 1. The van der Waals surface area contributed by atoms with Crippen molar-refractivity contribution in [2.75, 3.05) is 0 Å². The van der Waals surface area contributed by atoms with Gasteiger partial charge >= 0.3 is 0 Å². The number of carbonyl (C=O) groups excluding carboxylic acids is 1. The zero-order valence-electron chi connectivity index (χ0n) is 11.8. The molecule has 1 unspecified atom stereocenters. The second-order valence-electron chi connectivity index (χ2n) is 5.06. The molecule has 0 heterocycles. The lowest BCUT2D eigenvalue weighted by Gasteiger charge is -2.14. The van der Waals surface area contributed by atoms with E-state index in [9.17, 15) is 9.90 Å². The lowest BCUT2D eigenvalue weighted by atomic mass is 10.1. The summed E-state index contributed by atoms with van der Waals surface area (Å²) in [4.78, 5) is 12.1. The fourth-order valence-corrected chi connectivity index (χ4v) is 2.45. The van der Waals surface area contributed by atoms with E-state index in [2.05, 4.69) is 33.4 Å². The van der Waals surface area contributed by atoms with E-state index in [0.717, 1.165) is 17.3 Å². The molecule has 0 radical (unpaired) electrons. The number of hydrogen-bond donors (Lipinski definition) is 2. The molecule has 3 nitrogen and oxygen atoms in total. The monoisotopic (exact) mass is 347 g/mol. The van der Waals surface area contributed by atoms with Crippen molar-refractivity contribution in [2.45, 2.75) is 25.8 Å². The van der Waals surface area contributed by atoms with Gasteiger partial charge < -0.3 is 10.4 Å². The SMILES string of the molecule is CC(CCc1ccccc1)NC(=O)c1cc(Br)ccc1O. The summed E-state index contributed by atoms with van der Waals surface area (Å²) in [5.74, 6) is -0.264. The van der Waals surface area contributed by atoms with E-state index in [1.165, 1.54) is 11.6 Å². The molecule has 0 spiro atoms. The Kier molecular flexibility index (Phi) is 5.39. The smallest absolute Gasteiger partial charge is 0.255 e. The molecule has 2 N–H and O–H groups in total. The van der Waals surface area contributed by atoms with E-state index in [0.29, 0.717) is 0 Å². The van der Waals surface area contributed by atoms with E-state index in [-0.39, 0.29) is 23.3 Å². The van der Waals surface area contributed by atoms with Gasteiger partial charge in [-0.2, -0.15) is 0 Å². The highest BCUT2D eigenvalue weighted by Crippen LogP contribution is 2.21. The van der Waals surface area contributed by atoms with E-state index >= 15 is 0 Å². The van der Waals surface area contributed by atoms with Gasteiger partial charge in [-0.3, -0.25) is 4.79 Å². The van der Waals surface area contributed by atoms with Crippen molar-refractivity contribution in [3.05, 3.63) is 64.1 Å². The van der Waals surface area contributed by atoms with E-state index in [1.807, 2.05) is 25.1 Å². The first-order chi connectivity index (χ1) is 10.1. The number of phenolic OH excluding ortho intramolecular Hbond substituents is 1. The third-order valence-corrected chi connectivity index (χ3v) is 3.78. The molecule has 2 rings (SSSR count). The van der Waals surface area contributed by atoms with Crippen LogP contribution in [-0.2, 0) is 6.42 Å². The van der Waals surface area contributed by atoms with Crippen LogP contribution in [0, 0.1) is 0 Å². The molecule has 4 heteroatoms. The molecule has 0 fully saturated rings. The summed E-state index contributed by atoms with van der Waals surface area (Å²) in [5, 5.41) is 12.7. The van der Waals surface area contributed by atoms with Crippen LogP contribution in [0.1, 0.15) is 29.3 Å². The van der Waals surface area contributed by atoms with Gasteiger partial charge in [0.1, 0.15) is 5.75 Å². The van der Waals surface area contributed by atoms with Crippen LogP contribution >= 0.6 is 15.9 Å². The van der Waals surface area contributed by atoms with Gasteiger partial charge in [0.15, 0.2) is 0 Å². The maximum atomic E-state index is 12.1. The molecule has 0 aliphatic carbocycles. The summed E-state index contributed by atoms with van der Waals surface area (Å²) >= 11 is 3.30. The Labute approximate surface area is 133 Å². The second kappa shape index (κ2) is 7.27. The zero-order chi connectivity index (χ0) is 15.2. The van der Waals surface area contributed by atoms with Crippen LogP contribution in [0.15, 0.2) is 53.0 Å². The van der Waals surface area contributed by atoms with Gasteiger partial charge in [0.05, 0.1) is 5.56 Å². The van der Waals surface area contributed by atoms with Crippen molar-refractivity contribution in [2.24, 2.45) is 0 Å². The molecule has 1 amide bonds. The Morgan fingerprint density at radius 1 is 1.24 bits per heavy atom. The van der Waals surface area contributed by atoms with Crippen LogP contribution in [0.2, 0.25) is 0 Å². The fourth-order valence-electron chi connectivity index (χ4n) is 2.09. The predicted molar refractivity (Wildman–Crippen MR) is 87.5 cm³/mol. The van der Waals surface area contributed by atoms with Crippen LogP contribution in [0.4, 0.5) is 0 Å². The van der Waals surface area contributed by atoms with Crippen LogP contribution in [0.5, 0.6) is 5.75 Å². The largest absolute Gasteiger partial charge is 0.507 e. The highest BCUT2D eigenvalue weighted by molar-refractivity contribution is 9.10. The maximum Gasteiger partial charge on any atom is 0.255 e. The number of rotatable bonds is 5. The normalized spacial score (nSPS) is 11.9. The van der Waals surface area contributed by atoms with Gasteiger partial charge in [0.25, 0.3) is 5.91 Å². The number of hydrogen-bond acceptors (Lipinski definition) is 2. The lowest BCUT2D eigenvalue weighted by molar-refractivity contribution is 0.0935. The second-order valence-corrected chi connectivity index (χ2v) is 5.98. The molecule has 0 aliphatic rings. The molecule has 110 valence electrons. The molecule has 2 aromatic rings. The summed E-state index contributed by atoms with van der Waals surface area (Å²) in [6.45, 7) is 1.97. The van der Waals surface area contributed by atoms with Gasteiger partial charge in [-0.25, -0.2) is 0 Å². The van der Waals surface area contributed by atoms with Gasteiger partial charge in [-0.05, 0) is 43.5 Å². The Bertz CT molecular complexity index is 613. The number of amides is 1. The Morgan fingerprint density at radius 3 is 2.67 bits per heavy atom. The van der Waals surface area contributed by atoms with Crippen molar-refractivity contribution in [1.29, 1.82) is 0 Å². The highest BCUT2D eigenvalue weighted by atomic mass is 79.9. The highest BCUT2D eigenvalue weighted by Gasteiger charge is 2.14. The quantitative estimate of drug-likeness (QED) is 0.861. The number of nitrogens with one attached hydrogen (secondary N) is 1. The number of halogens is 1. The summed E-state index contributed by atoms with van der Waals surface area (Å²) in [7, 11) is 0. The van der Waals surface area contributed by atoms with Gasteiger partial charge in [-0.1, -0.05) is 46.3 Å².